The number of amides is 1. The van der Waals surface area contributed by atoms with Crippen LogP contribution < -0.4 is 5.32 Å². The first kappa shape index (κ1) is 18.4. The van der Waals surface area contributed by atoms with Crippen LogP contribution in [0.2, 0.25) is 0 Å². The second kappa shape index (κ2) is 7.22. The standard InChI is InChI=1S/C21H23FN4O2/c1-12-7-8-17(22)18(9-12)23-19(27)11-26-13(2)10-16(14(26)3)21-25-24-20(28-21)15-5-4-6-15/h7-10,15H,4-6,11H2,1-3H3,(H,23,27). The molecule has 1 aliphatic rings. The van der Waals surface area contributed by atoms with Crippen molar-refractivity contribution in [3.8, 4) is 11.5 Å². The predicted octanol–water partition coefficient (Wildman–Crippen LogP) is 4.51. The fourth-order valence-electron chi connectivity index (χ4n) is 3.49. The van der Waals surface area contributed by atoms with Crippen LogP contribution in [0.1, 0.15) is 48.0 Å². The molecule has 4 rings (SSSR count). The van der Waals surface area contributed by atoms with E-state index >= 15 is 0 Å². The molecule has 1 amide bonds. The van der Waals surface area contributed by atoms with Crippen LogP contribution in [-0.4, -0.2) is 20.7 Å². The summed E-state index contributed by atoms with van der Waals surface area (Å²) in [5.74, 6) is 0.804. The van der Waals surface area contributed by atoms with Crippen LogP contribution in [0.5, 0.6) is 0 Å². The highest BCUT2D eigenvalue weighted by molar-refractivity contribution is 5.91. The lowest BCUT2D eigenvalue weighted by Crippen LogP contribution is -2.20. The van der Waals surface area contributed by atoms with Gasteiger partial charge in [-0.3, -0.25) is 4.79 Å². The third-order valence-electron chi connectivity index (χ3n) is 5.40. The summed E-state index contributed by atoms with van der Waals surface area (Å²) in [6, 6.07) is 6.58. The molecule has 28 heavy (non-hydrogen) atoms. The van der Waals surface area contributed by atoms with Crippen molar-refractivity contribution < 1.29 is 13.6 Å². The number of rotatable bonds is 5. The van der Waals surface area contributed by atoms with Crippen LogP contribution in [-0.2, 0) is 11.3 Å². The molecule has 0 saturated heterocycles. The average molecular weight is 382 g/mol. The maximum absolute atomic E-state index is 13.9. The van der Waals surface area contributed by atoms with E-state index < -0.39 is 5.82 Å². The first-order valence-corrected chi connectivity index (χ1v) is 9.49. The zero-order chi connectivity index (χ0) is 19.8. The Kier molecular flexibility index (Phi) is 4.75. The number of anilines is 1. The van der Waals surface area contributed by atoms with Gasteiger partial charge in [-0.25, -0.2) is 4.39 Å². The summed E-state index contributed by atoms with van der Waals surface area (Å²) in [5, 5.41) is 11.0. The second-order valence-electron chi connectivity index (χ2n) is 7.48. The van der Waals surface area contributed by atoms with Gasteiger partial charge in [-0.05, 0) is 57.4 Å². The second-order valence-corrected chi connectivity index (χ2v) is 7.48. The molecule has 0 atom stereocenters. The molecular formula is C21H23FN4O2. The number of hydrogen-bond acceptors (Lipinski definition) is 4. The van der Waals surface area contributed by atoms with Crippen molar-refractivity contribution in [1.29, 1.82) is 0 Å². The summed E-state index contributed by atoms with van der Waals surface area (Å²) in [5.41, 5.74) is 3.66. The summed E-state index contributed by atoms with van der Waals surface area (Å²) in [6.07, 6.45) is 3.39. The minimum absolute atomic E-state index is 0.0780. The van der Waals surface area contributed by atoms with E-state index in [0.717, 1.165) is 35.4 Å². The minimum Gasteiger partial charge on any atom is -0.420 e. The molecule has 1 N–H and O–H groups in total. The molecule has 2 aromatic heterocycles. The molecule has 0 unspecified atom stereocenters. The van der Waals surface area contributed by atoms with Crippen molar-refractivity contribution in [2.45, 2.75) is 52.5 Å². The van der Waals surface area contributed by atoms with E-state index in [4.69, 9.17) is 4.42 Å². The van der Waals surface area contributed by atoms with Gasteiger partial charge in [0.05, 0.1) is 11.3 Å². The molecule has 0 radical (unpaired) electrons. The van der Waals surface area contributed by atoms with E-state index in [-0.39, 0.29) is 18.1 Å². The number of aryl methyl sites for hydroxylation is 2. The highest BCUT2D eigenvalue weighted by atomic mass is 19.1. The first-order chi connectivity index (χ1) is 13.4. The van der Waals surface area contributed by atoms with Crippen molar-refractivity contribution in [3.05, 3.63) is 52.9 Å². The number of aromatic nitrogens is 3. The maximum atomic E-state index is 13.9. The number of nitrogens with one attached hydrogen (secondary N) is 1. The largest absolute Gasteiger partial charge is 0.420 e. The SMILES string of the molecule is Cc1ccc(F)c(NC(=O)Cn2c(C)cc(-c3nnc(C4CCC4)o3)c2C)c1. The third kappa shape index (κ3) is 3.44. The van der Waals surface area contributed by atoms with Crippen molar-refractivity contribution in [2.24, 2.45) is 0 Å². The summed E-state index contributed by atoms with van der Waals surface area (Å²) in [4.78, 5) is 12.5. The van der Waals surface area contributed by atoms with Gasteiger partial charge in [-0.2, -0.15) is 0 Å². The molecule has 6 nitrogen and oxygen atoms in total. The molecule has 1 aliphatic carbocycles. The van der Waals surface area contributed by atoms with Gasteiger partial charge in [-0.1, -0.05) is 12.5 Å². The quantitative estimate of drug-likeness (QED) is 0.705. The van der Waals surface area contributed by atoms with Crippen LogP contribution >= 0.6 is 0 Å². The summed E-state index contributed by atoms with van der Waals surface area (Å²) in [6.45, 7) is 5.76. The first-order valence-electron chi connectivity index (χ1n) is 9.49. The highest BCUT2D eigenvalue weighted by Crippen LogP contribution is 2.37. The van der Waals surface area contributed by atoms with E-state index in [1.54, 1.807) is 12.1 Å². The maximum Gasteiger partial charge on any atom is 0.249 e. The monoisotopic (exact) mass is 382 g/mol. The molecule has 1 aromatic carbocycles. The smallest absolute Gasteiger partial charge is 0.249 e. The Bertz CT molecular complexity index is 1030. The number of hydrogen-bond donors (Lipinski definition) is 1. The van der Waals surface area contributed by atoms with Crippen LogP contribution in [0.15, 0.2) is 28.7 Å². The Hall–Kier alpha value is -2.96. The topological polar surface area (TPSA) is 73.0 Å². The number of halogens is 1. The van der Waals surface area contributed by atoms with Gasteiger partial charge in [0, 0.05) is 17.3 Å². The third-order valence-corrected chi connectivity index (χ3v) is 5.40. The molecule has 1 fully saturated rings. The van der Waals surface area contributed by atoms with Crippen LogP contribution in [0.3, 0.4) is 0 Å². The van der Waals surface area contributed by atoms with Crippen LogP contribution in [0.4, 0.5) is 10.1 Å². The Morgan fingerprint density at radius 3 is 2.75 bits per heavy atom. The van der Waals surface area contributed by atoms with Crippen molar-refractivity contribution in [2.75, 3.05) is 5.32 Å². The molecule has 146 valence electrons. The molecule has 0 spiro atoms. The number of nitrogens with zero attached hydrogens (tertiary/aromatic N) is 3. The lowest BCUT2D eigenvalue weighted by molar-refractivity contribution is -0.116. The Balaban J connectivity index is 1.53. The number of carbonyl (C=O) groups excluding carboxylic acids is 1. The molecule has 7 heteroatoms. The van der Waals surface area contributed by atoms with Crippen molar-refractivity contribution >= 4 is 11.6 Å². The molecule has 0 aliphatic heterocycles. The lowest BCUT2D eigenvalue weighted by atomic mass is 9.85. The zero-order valence-corrected chi connectivity index (χ0v) is 16.3. The normalized spacial score (nSPS) is 14.1. The van der Waals surface area contributed by atoms with Gasteiger partial charge in [0.1, 0.15) is 12.4 Å². The van der Waals surface area contributed by atoms with E-state index in [9.17, 15) is 9.18 Å². The van der Waals surface area contributed by atoms with Gasteiger partial charge in [0.2, 0.25) is 17.7 Å². The molecule has 1 saturated carbocycles. The van der Waals surface area contributed by atoms with Gasteiger partial charge in [-0.15, -0.1) is 10.2 Å². The van der Waals surface area contributed by atoms with E-state index in [2.05, 4.69) is 15.5 Å². The Morgan fingerprint density at radius 1 is 1.25 bits per heavy atom. The van der Waals surface area contributed by atoms with Gasteiger partial charge in [0.25, 0.3) is 0 Å². The minimum atomic E-state index is -0.449. The Labute approximate surface area is 162 Å². The van der Waals surface area contributed by atoms with Crippen LogP contribution in [0.25, 0.3) is 11.5 Å². The average Bonchev–Trinajstić information content (AvgIpc) is 3.17. The van der Waals surface area contributed by atoms with Gasteiger partial charge >= 0.3 is 0 Å². The summed E-state index contributed by atoms with van der Waals surface area (Å²) in [7, 11) is 0. The Morgan fingerprint density at radius 2 is 2.04 bits per heavy atom. The number of benzene rings is 1. The molecular weight excluding hydrogens is 359 g/mol. The van der Waals surface area contributed by atoms with Gasteiger partial charge < -0.3 is 14.3 Å². The fourth-order valence-corrected chi connectivity index (χ4v) is 3.49. The summed E-state index contributed by atoms with van der Waals surface area (Å²) < 4.78 is 21.6. The molecule has 2 heterocycles. The van der Waals surface area contributed by atoms with Crippen LogP contribution in [0, 0.1) is 26.6 Å². The summed E-state index contributed by atoms with van der Waals surface area (Å²) >= 11 is 0. The predicted molar refractivity (Wildman–Crippen MR) is 104 cm³/mol. The van der Waals surface area contributed by atoms with E-state index in [1.165, 1.54) is 12.5 Å². The van der Waals surface area contributed by atoms with E-state index in [0.29, 0.717) is 17.7 Å². The lowest BCUT2D eigenvalue weighted by Gasteiger charge is -2.20. The molecule has 0 bridgehead atoms. The van der Waals surface area contributed by atoms with Gasteiger partial charge in [0.15, 0.2) is 0 Å². The van der Waals surface area contributed by atoms with Crippen molar-refractivity contribution in [1.82, 2.24) is 14.8 Å². The fraction of sp³-hybridized carbons (Fsp3) is 0.381. The number of carbonyl (C=O) groups is 1. The zero-order valence-electron chi connectivity index (χ0n) is 16.3. The van der Waals surface area contributed by atoms with E-state index in [1.807, 2.05) is 31.4 Å². The highest BCUT2D eigenvalue weighted by Gasteiger charge is 2.26. The van der Waals surface area contributed by atoms with Crippen molar-refractivity contribution in [3.63, 3.8) is 0 Å². The molecule has 3 aromatic rings.